The summed E-state index contributed by atoms with van der Waals surface area (Å²) in [6.45, 7) is 12.8. The highest BCUT2D eigenvalue weighted by atomic mass is 14.5. The van der Waals surface area contributed by atoms with Gasteiger partial charge in [0.05, 0.1) is 0 Å². The summed E-state index contributed by atoms with van der Waals surface area (Å²) in [5, 5.41) is 0. The molecule has 2 saturated carbocycles. The van der Waals surface area contributed by atoms with Gasteiger partial charge in [-0.15, -0.1) is 0 Å². The van der Waals surface area contributed by atoms with Crippen molar-refractivity contribution >= 4 is 0 Å². The fourth-order valence-electron chi connectivity index (χ4n) is 2.60. The lowest BCUT2D eigenvalue weighted by molar-refractivity contribution is 0.210. The van der Waals surface area contributed by atoms with Crippen LogP contribution in [0.15, 0.2) is 0 Å². The van der Waals surface area contributed by atoms with Gasteiger partial charge in [-0.25, -0.2) is 0 Å². The van der Waals surface area contributed by atoms with E-state index < -0.39 is 0 Å². The Morgan fingerprint density at radius 1 is 0.800 bits per heavy atom. The Morgan fingerprint density at radius 3 is 1.47 bits per heavy atom. The van der Waals surface area contributed by atoms with Crippen LogP contribution in [0.2, 0.25) is 0 Å². The van der Waals surface area contributed by atoms with Crippen molar-refractivity contribution in [3.8, 4) is 0 Å². The molecule has 0 bridgehead atoms. The second kappa shape index (κ2) is 7.30. The molecule has 0 aliphatic heterocycles. The van der Waals surface area contributed by atoms with E-state index in [-0.39, 0.29) is 0 Å². The zero-order valence-electron chi connectivity index (χ0n) is 11.9. The molecule has 0 unspecified atom stereocenters. The smallest absolute Gasteiger partial charge is 0.0297 e. The van der Waals surface area contributed by atoms with Crippen molar-refractivity contribution in [2.45, 2.75) is 80.1 Å². The van der Waals surface area contributed by atoms with Crippen LogP contribution in [-0.2, 0) is 0 Å². The minimum atomic E-state index is 0.894. The van der Waals surface area contributed by atoms with Crippen LogP contribution in [0, 0.1) is 17.3 Å². The van der Waals surface area contributed by atoms with Gasteiger partial charge in [0.2, 0.25) is 0 Å². The molecule has 0 N–H and O–H groups in total. The van der Waals surface area contributed by atoms with E-state index in [0.29, 0.717) is 0 Å². The summed E-state index contributed by atoms with van der Waals surface area (Å²) in [4.78, 5) is 0. The first-order valence-corrected chi connectivity index (χ1v) is 7.22. The topological polar surface area (TPSA) is 0 Å². The van der Waals surface area contributed by atoms with Crippen LogP contribution in [0.4, 0.5) is 0 Å². The third-order valence-corrected chi connectivity index (χ3v) is 3.99. The van der Waals surface area contributed by atoms with Crippen molar-refractivity contribution in [3.05, 3.63) is 0 Å². The molecule has 2 aliphatic carbocycles. The second-order valence-corrected chi connectivity index (χ2v) is 5.08. The lowest BCUT2D eigenvalue weighted by Gasteiger charge is -2.30. The molecule has 2 aliphatic rings. The first-order valence-electron chi connectivity index (χ1n) is 7.22. The molecule has 0 heterocycles. The van der Waals surface area contributed by atoms with Gasteiger partial charge in [-0.05, 0) is 55.8 Å². The van der Waals surface area contributed by atoms with Crippen LogP contribution in [0.5, 0.6) is 0 Å². The maximum absolute atomic E-state index is 2.38. The summed E-state index contributed by atoms with van der Waals surface area (Å²) in [5.41, 5.74) is 0.894. The van der Waals surface area contributed by atoms with Gasteiger partial charge < -0.3 is 0 Å². The number of hydrogen-bond acceptors (Lipinski definition) is 0. The van der Waals surface area contributed by atoms with E-state index >= 15 is 0 Å². The van der Waals surface area contributed by atoms with Gasteiger partial charge in [0, 0.05) is 0 Å². The maximum Gasteiger partial charge on any atom is -0.0297 e. The second-order valence-electron chi connectivity index (χ2n) is 5.08. The molecule has 2 fully saturated rings. The van der Waals surface area contributed by atoms with Gasteiger partial charge in [-0.3, -0.25) is 0 Å². The van der Waals surface area contributed by atoms with Crippen LogP contribution in [0.3, 0.4) is 0 Å². The van der Waals surface area contributed by atoms with Crippen LogP contribution < -0.4 is 0 Å². The van der Waals surface area contributed by atoms with Gasteiger partial charge in [0.15, 0.2) is 0 Å². The maximum atomic E-state index is 2.38. The van der Waals surface area contributed by atoms with Crippen molar-refractivity contribution in [2.75, 3.05) is 0 Å². The predicted molar refractivity (Wildman–Crippen MR) is 71.2 cm³/mol. The molecule has 92 valence electrons. The van der Waals surface area contributed by atoms with E-state index in [9.17, 15) is 0 Å². The zero-order valence-corrected chi connectivity index (χ0v) is 11.9. The summed E-state index contributed by atoms with van der Waals surface area (Å²) < 4.78 is 0. The molecular weight excluding hydrogens is 180 g/mol. The molecule has 0 aromatic rings. The van der Waals surface area contributed by atoms with Gasteiger partial charge >= 0.3 is 0 Å². The van der Waals surface area contributed by atoms with Crippen molar-refractivity contribution < 1.29 is 0 Å². The third kappa shape index (κ3) is 4.57. The molecule has 0 amide bonds. The third-order valence-electron chi connectivity index (χ3n) is 3.99. The number of hydrogen-bond donors (Lipinski definition) is 0. The standard InChI is InChI=1S/C11H20.2C2H6/c1-9(2)10-3-5-11(6-4-10)7-8-11;2*1-2/h9-10H,3-8H2,1-2H3;2*1-2H3. The monoisotopic (exact) mass is 212 g/mol. The highest BCUT2D eigenvalue weighted by Crippen LogP contribution is 2.57. The molecular formula is C15H32. The lowest BCUT2D eigenvalue weighted by atomic mass is 9.75. The van der Waals surface area contributed by atoms with Crippen molar-refractivity contribution in [1.82, 2.24) is 0 Å². The van der Waals surface area contributed by atoms with Crippen LogP contribution in [-0.4, -0.2) is 0 Å². The largest absolute Gasteiger partial charge is 0.0683 e. The quantitative estimate of drug-likeness (QED) is 0.525. The molecule has 0 aromatic carbocycles. The summed E-state index contributed by atoms with van der Waals surface area (Å²) in [5.74, 6) is 1.99. The van der Waals surface area contributed by atoms with E-state index in [1.807, 2.05) is 27.7 Å². The zero-order chi connectivity index (χ0) is 11.9. The SMILES string of the molecule is CC.CC.CC(C)C1CCC2(CC1)CC2. The Bertz CT molecular complexity index is 132. The summed E-state index contributed by atoms with van der Waals surface area (Å²) in [6.07, 6.45) is 9.26. The normalized spacial score (nSPS) is 22.6. The Morgan fingerprint density at radius 2 is 1.20 bits per heavy atom. The van der Waals surface area contributed by atoms with E-state index in [4.69, 9.17) is 0 Å². The van der Waals surface area contributed by atoms with Crippen LogP contribution in [0.1, 0.15) is 80.1 Å². The molecule has 2 rings (SSSR count). The van der Waals surface area contributed by atoms with Gasteiger partial charge in [-0.1, -0.05) is 41.5 Å². The van der Waals surface area contributed by atoms with Crippen molar-refractivity contribution in [2.24, 2.45) is 17.3 Å². The van der Waals surface area contributed by atoms with Crippen molar-refractivity contribution in [3.63, 3.8) is 0 Å². The summed E-state index contributed by atoms with van der Waals surface area (Å²) in [7, 11) is 0. The minimum absolute atomic E-state index is 0.894. The predicted octanol–water partition coefficient (Wildman–Crippen LogP) is 5.67. The fraction of sp³-hybridized carbons (Fsp3) is 1.00. The van der Waals surface area contributed by atoms with Crippen LogP contribution in [0.25, 0.3) is 0 Å². The van der Waals surface area contributed by atoms with Gasteiger partial charge in [0.25, 0.3) is 0 Å². The van der Waals surface area contributed by atoms with Crippen LogP contribution >= 0.6 is 0 Å². The highest BCUT2D eigenvalue weighted by Gasteiger charge is 2.44. The van der Waals surface area contributed by atoms with E-state index in [0.717, 1.165) is 17.3 Å². The van der Waals surface area contributed by atoms with E-state index in [1.54, 1.807) is 25.7 Å². The average Bonchev–Trinajstić information content (AvgIpc) is 3.04. The average molecular weight is 212 g/mol. The Kier molecular flexibility index (Phi) is 7.30. The van der Waals surface area contributed by atoms with Gasteiger partial charge in [-0.2, -0.15) is 0 Å². The lowest BCUT2D eigenvalue weighted by Crippen LogP contribution is -2.19. The van der Waals surface area contributed by atoms with E-state index in [2.05, 4.69) is 13.8 Å². The molecule has 0 nitrogen and oxygen atoms in total. The Labute approximate surface area is 97.8 Å². The summed E-state index contributed by atoms with van der Waals surface area (Å²) in [6, 6.07) is 0. The summed E-state index contributed by atoms with van der Waals surface area (Å²) >= 11 is 0. The first kappa shape index (κ1) is 15.0. The molecule has 0 radical (unpaired) electrons. The Balaban J connectivity index is 0.000000442. The molecule has 0 heteroatoms. The number of rotatable bonds is 1. The molecule has 15 heavy (non-hydrogen) atoms. The molecule has 0 saturated heterocycles. The highest BCUT2D eigenvalue weighted by molar-refractivity contribution is 4.96. The van der Waals surface area contributed by atoms with Crippen molar-refractivity contribution in [1.29, 1.82) is 0 Å². The fourth-order valence-corrected chi connectivity index (χ4v) is 2.60. The molecule has 0 aromatic heterocycles. The minimum Gasteiger partial charge on any atom is -0.0683 e. The van der Waals surface area contributed by atoms with E-state index in [1.165, 1.54) is 12.8 Å². The van der Waals surface area contributed by atoms with Gasteiger partial charge in [0.1, 0.15) is 0 Å². The molecule has 1 spiro atoms. The molecule has 0 atom stereocenters. The Hall–Kier alpha value is 0. The first-order chi connectivity index (χ1) is 7.22.